The first-order valence-corrected chi connectivity index (χ1v) is 5.21. The van der Waals surface area contributed by atoms with Crippen molar-refractivity contribution in [2.24, 2.45) is 0 Å². The Morgan fingerprint density at radius 3 is 2.92 bits per heavy atom. The van der Waals surface area contributed by atoms with E-state index in [9.17, 15) is 0 Å². The number of thiol groups is 2. The summed E-state index contributed by atoms with van der Waals surface area (Å²) in [5, 5.41) is 0.559. The maximum atomic E-state index is 4.49. The molecule has 64 valence electrons. The molecule has 0 aliphatic heterocycles. The molecule has 0 amide bonds. The van der Waals surface area contributed by atoms with Crippen LogP contribution >= 0.6 is 25.3 Å². The molecular weight excluding hydrogens is 184 g/mol. The Kier molecular flexibility index (Phi) is 2.37. The largest absolute Gasteiger partial charge is 0.176 e. The summed E-state index contributed by atoms with van der Waals surface area (Å²) < 4.78 is 0. The third-order valence-electron chi connectivity index (χ3n) is 2.39. The number of fused-ring (bicyclic) bond motifs is 1. The van der Waals surface area contributed by atoms with E-state index in [4.69, 9.17) is 0 Å². The molecule has 0 N–H and O–H groups in total. The first-order valence-electron chi connectivity index (χ1n) is 4.24. The normalized spacial score (nSPS) is 22.0. The molecule has 1 aromatic rings. The molecule has 2 rings (SSSR count). The molecule has 1 unspecified atom stereocenters. The van der Waals surface area contributed by atoms with E-state index in [1.54, 1.807) is 0 Å². The fourth-order valence-electron chi connectivity index (χ4n) is 1.72. The van der Waals surface area contributed by atoms with Crippen molar-refractivity contribution in [3.63, 3.8) is 0 Å². The predicted octanol–water partition coefficient (Wildman–Crippen LogP) is 2.76. The Morgan fingerprint density at radius 2 is 2.08 bits per heavy atom. The fraction of sp³-hybridized carbons (Fsp3) is 0.400. The van der Waals surface area contributed by atoms with E-state index in [1.165, 1.54) is 17.5 Å². The van der Waals surface area contributed by atoms with Crippen LogP contribution in [-0.4, -0.2) is 5.25 Å². The van der Waals surface area contributed by atoms with Crippen molar-refractivity contribution < 1.29 is 0 Å². The molecule has 1 aliphatic rings. The van der Waals surface area contributed by atoms with Gasteiger partial charge in [-0.3, -0.25) is 0 Å². The van der Waals surface area contributed by atoms with Crippen LogP contribution in [0.4, 0.5) is 0 Å². The third kappa shape index (κ3) is 1.64. The smallest absolute Gasteiger partial charge is 0.00604 e. The lowest BCUT2D eigenvalue weighted by molar-refractivity contribution is 0.704. The first-order chi connectivity index (χ1) is 5.75. The van der Waals surface area contributed by atoms with Gasteiger partial charge in [-0.25, -0.2) is 0 Å². The zero-order chi connectivity index (χ0) is 8.55. The van der Waals surface area contributed by atoms with Crippen LogP contribution in [0.3, 0.4) is 0 Å². The molecule has 0 fully saturated rings. The van der Waals surface area contributed by atoms with E-state index in [2.05, 4.69) is 43.5 Å². The van der Waals surface area contributed by atoms with Gasteiger partial charge in [0.2, 0.25) is 0 Å². The molecule has 0 radical (unpaired) electrons. The van der Waals surface area contributed by atoms with Gasteiger partial charge >= 0.3 is 0 Å². The molecule has 0 spiro atoms. The standard InChI is InChI=1S/C10H12S2/c11-9-3-1-7-5-10(12)4-2-8(7)6-9/h1,3,6,10-12H,2,4-5H2. The first kappa shape index (κ1) is 8.52. The summed E-state index contributed by atoms with van der Waals surface area (Å²) >= 11 is 8.81. The second-order valence-electron chi connectivity index (χ2n) is 3.35. The highest BCUT2D eigenvalue weighted by Gasteiger charge is 2.14. The lowest BCUT2D eigenvalue weighted by Crippen LogP contribution is -2.13. The number of rotatable bonds is 0. The number of benzene rings is 1. The molecule has 0 aromatic heterocycles. The highest BCUT2D eigenvalue weighted by Crippen LogP contribution is 2.25. The Labute approximate surface area is 84.2 Å². The zero-order valence-electron chi connectivity index (χ0n) is 6.83. The summed E-state index contributed by atoms with van der Waals surface area (Å²) in [4.78, 5) is 1.08. The van der Waals surface area contributed by atoms with Crippen molar-refractivity contribution in [2.45, 2.75) is 29.4 Å². The van der Waals surface area contributed by atoms with E-state index in [-0.39, 0.29) is 0 Å². The Hall–Kier alpha value is -0.0800. The zero-order valence-corrected chi connectivity index (χ0v) is 8.61. The number of aryl methyl sites for hydroxylation is 1. The predicted molar refractivity (Wildman–Crippen MR) is 58.5 cm³/mol. The van der Waals surface area contributed by atoms with Crippen molar-refractivity contribution in [3.8, 4) is 0 Å². The van der Waals surface area contributed by atoms with Crippen LogP contribution in [0.25, 0.3) is 0 Å². The molecule has 0 saturated carbocycles. The van der Waals surface area contributed by atoms with Crippen molar-refractivity contribution in [2.75, 3.05) is 0 Å². The summed E-state index contributed by atoms with van der Waals surface area (Å²) in [5.74, 6) is 0. The molecule has 0 saturated heterocycles. The molecule has 0 nitrogen and oxygen atoms in total. The maximum absolute atomic E-state index is 4.49. The number of hydrogen-bond acceptors (Lipinski definition) is 2. The summed E-state index contributed by atoms with van der Waals surface area (Å²) in [6.45, 7) is 0. The van der Waals surface area contributed by atoms with Crippen LogP contribution in [0.2, 0.25) is 0 Å². The van der Waals surface area contributed by atoms with Crippen LogP contribution in [0, 0.1) is 0 Å². The van der Waals surface area contributed by atoms with E-state index < -0.39 is 0 Å². The van der Waals surface area contributed by atoms with E-state index in [0.29, 0.717) is 5.25 Å². The molecule has 1 aromatic carbocycles. The highest BCUT2D eigenvalue weighted by molar-refractivity contribution is 7.81. The lowest BCUT2D eigenvalue weighted by atomic mass is 9.91. The minimum Gasteiger partial charge on any atom is -0.176 e. The SMILES string of the molecule is Sc1ccc2c(c1)CCC(S)C2. The van der Waals surface area contributed by atoms with Gasteiger partial charge in [0.25, 0.3) is 0 Å². The van der Waals surface area contributed by atoms with Crippen molar-refractivity contribution in [3.05, 3.63) is 29.3 Å². The average molecular weight is 196 g/mol. The Balaban J connectivity index is 2.37. The van der Waals surface area contributed by atoms with Gasteiger partial charge in [-0.05, 0) is 42.5 Å². The Morgan fingerprint density at radius 1 is 1.25 bits per heavy atom. The summed E-state index contributed by atoms with van der Waals surface area (Å²) in [6.07, 6.45) is 3.48. The van der Waals surface area contributed by atoms with Gasteiger partial charge in [-0.1, -0.05) is 6.07 Å². The van der Waals surface area contributed by atoms with Crippen LogP contribution < -0.4 is 0 Å². The van der Waals surface area contributed by atoms with Gasteiger partial charge in [0.15, 0.2) is 0 Å². The number of hydrogen-bond donors (Lipinski definition) is 2. The topological polar surface area (TPSA) is 0 Å². The average Bonchev–Trinajstić information content (AvgIpc) is 2.05. The summed E-state index contributed by atoms with van der Waals surface area (Å²) in [6, 6.07) is 6.42. The van der Waals surface area contributed by atoms with Crippen LogP contribution in [-0.2, 0) is 12.8 Å². The van der Waals surface area contributed by atoms with Crippen LogP contribution in [0.5, 0.6) is 0 Å². The third-order valence-corrected chi connectivity index (χ3v) is 3.11. The molecule has 0 heterocycles. The van der Waals surface area contributed by atoms with Crippen molar-refractivity contribution in [1.29, 1.82) is 0 Å². The van der Waals surface area contributed by atoms with Gasteiger partial charge in [0, 0.05) is 10.1 Å². The monoisotopic (exact) mass is 196 g/mol. The molecular formula is C10H12S2. The second kappa shape index (κ2) is 3.35. The van der Waals surface area contributed by atoms with Crippen molar-refractivity contribution in [1.82, 2.24) is 0 Å². The minimum atomic E-state index is 0.559. The van der Waals surface area contributed by atoms with Gasteiger partial charge in [0.05, 0.1) is 0 Å². The van der Waals surface area contributed by atoms with Gasteiger partial charge < -0.3 is 0 Å². The Bertz CT molecular complexity index is 294. The van der Waals surface area contributed by atoms with E-state index in [1.807, 2.05) is 0 Å². The van der Waals surface area contributed by atoms with E-state index >= 15 is 0 Å². The van der Waals surface area contributed by atoms with Crippen LogP contribution in [0.1, 0.15) is 17.5 Å². The summed E-state index contributed by atoms with van der Waals surface area (Å²) in [7, 11) is 0. The fourth-order valence-corrected chi connectivity index (χ4v) is 2.28. The maximum Gasteiger partial charge on any atom is 0.00604 e. The molecule has 1 atom stereocenters. The van der Waals surface area contributed by atoms with Gasteiger partial charge in [-0.2, -0.15) is 12.6 Å². The minimum absolute atomic E-state index is 0.559. The van der Waals surface area contributed by atoms with Crippen LogP contribution in [0.15, 0.2) is 23.1 Å². The van der Waals surface area contributed by atoms with Crippen molar-refractivity contribution >= 4 is 25.3 Å². The van der Waals surface area contributed by atoms with Gasteiger partial charge in [0.1, 0.15) is 0 Å². The molecule has 2 heteroatoms. The lowest BCUT2D eigenvalue weighted by Gasteiger charge is -2.20. The molecule has 12 heavy (non-hydrogen) atoms. The quantitative estimate of drug-likeness (QED) is 0.586. The molecule has 1 aliphatic carbocycles. The van der Waals surface area contributed by atoms with E-state index in [0.717, 1.165) is 17.7 Å². The summed E-state index contributed by atoms with van der Waals surface area (Å²) in [5.41, 5.74) is 2.92. The highest BCUT2D eigenvalue weighted by atomic mass is 32.1. The second-order valence-corrected chi connectivity index (χ2v) is 4.60. The molecule has 0 bridgehead atoms. The van der Waals surface area contributed by atoms with Gasteiger partial charge in [-0.15, -0.1) is 12.6 Å².